The van der Waals surface area contributed by atoms with Crippen molar-refractivity contribution in [1.82, 2.24) is 4.98 Å². The highest BCUT2D eigenvalue weighted by atomic mass is 79.9. The number of ether oxygens (including phenoxy) is 1. The Kier molecular flexibility index (Phi) is 4.31. The van der Waals surface area contributed by atoms with Gasteiger partial charge in [0.15, 0.2) is 0 Å². The maximum atomic E-state index is 11.0. The van der Waals surface area contributed by atoms with Crippen LogP contribution in [0.5, 0.6) is 11.6 Å². The highest BCUT2D eigenvalue weighted by Gasteiger charge is 2.19. The molecule has 0 spiro atoms. The number of hydrogen-bond donors (Lipinski definition) is 1. The van der Waals surface area contributed by atoms with Crippen molar-refractivity contribution >= 4 is 21.6 Å². The van der Waals surface area contributed by atoms with Gasteiger partial charge in [0, 0.05) is 18.3 Å². The Morgan fingerprint density at radius 3 is 2.85 bits per heavy atom. The van der Waals surface area contributed by atoms with Crippen LogP contribution >= 0.6 is 15.9 Å². The van der Waals surface area contributed by atoms with Gasteiger partial charge in [0.25, 0.3) is 0 Å². The van der Waals surface area contributed by atoms with E-state index >= 15 is 0 Å². The number of aromatic nitrogens is 1. The summed E-state index contributed by atoms with van der Waals surface area (Å²) in [5.74, 6) is 0.256. The zero-order valence-electron chi connectivity index (χ0n) is 10.5. The summed E-state index contributed by atoms with van der Waals surface area (Å²) < 4.78 is 5.94. The third kappa shape index (κ3) is 3.12. The van der Waals surface area contributed by atoms with Crippen LogP contribution in [0.25, 0.3) is 0 Å². The van der Waals surface area contributed by atoms with Gasteiger partial charge in [-0.3, -0.25) is 10.1 Å². The van der Waals surface area contributed by atoms with Gasteiger partial charge in [-0.05, 0) is 40.5 Å². The minimum atomic E-state index is -0.672. The number of aliphatic hydroxyl groups excluding tert-OH is 1. The third-order valence-corrected chi connectivity index (χ3v) is 3.22. The lowest BCUT2D eigenvalue weighted by Crippen LogP contribution is -1.97. The molecule has 0 aliphatic carbocycles. The second-order valence-electron chi connectivity index (χ2n) is 4.05. The number of benzene rings is 1. The molecule has 0 fully saturated rings. The Balaban J connectivity index is 2.40. The fourth-order valence-corrected chi connectivity index (χ4v) is 2.02. The van der Waals surface area contributed by atoms with E-state index in [1.807, 2.05) is 0 Å². The Hall–Kier alpha value is -1.99. The van der Waals surface area contributed by atoms with E-state index in [1.54, 1.807) is 25.1 Å². The number of para-hydroxylation sites is 1. The van der Waals surface area contributed by atoms with Crippen LogP contribution in [0, 0.1) is 10.1 Å². The van der Waals surface area contributed by atoms with Crippen molar-refractivity contribution in [3.63, 3.8) is 0 Å². The molecule has 1 aromatic carbocycles. The van der Waals surface area contributed by atoms with Crippen LogP contribution in [-0.2, 0) is 0 Å². The van der Waals surface area contributed by atoms with E-state index in [4.69, 9.17) is 4.74 Å². The predicted octanol–water partition coefficient (Wildman–Crippen LogP) is 3.60. The molecule has 0 aliphatic heterocycles. The summed E-state index contributed by atoms with van der Waals surface area (Å²) in [6.45, 7) is 1.61. The first-order chi connectivity index (χ1) is 9.49. The van der Waals surface area contributed by atoms with E-state index in [-0.39, 0.29) is 17.3 Å². The molecule has 0 radical (unpaired) electrons. The van der Waals surface area contributed by atoms with Gasteiger partial charge in [0.05, 0.1) is 15.5 Å². The average Bonchev–Trinajstić information content (AvgIpc) is 2.41. The number of nitro benzene ring substituents is 1. The Morgan fingerprint density at radius 1 is 1.45 bits per heavy atom. The molecule has 1 atom stereocenters. The summed E-state index contributed by atoms with van der Waals surface area (Å²) >= 11 is 3.21. The summed E-state index contributed by atoms with van der Waals surface area (Å²) in [6, 6.07) is 7.72. The minimum absolute atomic E-state index is 0.0766. The summed E-state index contributed by atoms with van der Waals surface area (Å²) in [7, 11) is 0. The van der Waals surface area contributed by atoms with Crippen molar-refractivity contribution in [2.45, 2.75) is 13.0 Å². The van der Waals surface area contributed by atoms with Crippen molar-refractivity contribution in [2.24, 2.45) is 0 Å². The molecular weight excluding hydrogens is 328 g/mol. The molecule has 0 aliphatic rings. The number of aliphatic hydroxyl groups is 1. The second kappa shape index (κ2) is 5.98. The van der Waals surface area contributed by atoms with Crippen LogP contribution < -0.4 is 4.74 Å². The van der Waals surface area contributed by atoms with Gasteiger partial charge in [0.1, 0.15) is 0 Å². The first kappa shape index (κ1) is 14.4. The van der Waals surface area contributed by atoms with Crippen molar-refractivity contribution in [3.8, 4) is 11.6 Å². The van der Waals surface area contributed by atoms with E-state index < -0.39 is 11.0 Å². The minimum Gasteiger partial charge on any atom is -0.431 e. The molecule has 0 amide bonds. The van der Waals surface area contributed by atoms with Crippen LogP contribution in [0.1, 0.15) is 18.6 Å². The molecular formula is C13H11BrN2O4. The molecule has 6 nitrogen and oxygen atoms in total. The monoisotopic (exact) mass is 338 g/mol. The summed E-state index contributed by atoms with van der Waals surface area (Å²) in [4.78, 5) is 14.4. The maximum absolute atomic E-state index is 11.0. The normalized spacial score (nSPS) is 11.9. The maximum Gasteiger partial charge on any atom is 0.312 e. The quantitative estimate of drug-likeness (QED) is 0.679. The number of hydrogen-bond acceptors (Lipinski definition) is 5. The van der Waals surface area contributed by atoms with Crippen molar-refractivity contribution < 1.29 is 14.8 Å². The first-order valence-corrected chi connectivity index (χ1v) is 6.53. The summed E-state index contributed by atoms with van der Waals surface area (Å²) in [5, 5.41) is 20.5. The third-order valence-electron chi connectivity index (χ3n) is 2.59. The molecule has 2 aromatic rings. The Bertz CT molecular complexity index is 646. The number of nitrogens with zero attached hydrogens (tertiary/aromatic N) is 2. The lowest BCUT2D eigenvalue weighted by Gasteiger charge is -2.09. The predicted molar refractivity (Wildman–Crippen MR) is 75.7 cm³/mol. The number of rotatable bonds is 4. The van der Waals surface area contributed by atoms with Gasteiger partial charge in [-0.2, -0.15) is 0 Å². The molecule has 1 N–H and O–H groups in total. The molecule has 20 heavy (non-hydrogen) atoms. The van der Waals surface area contributed by atoms with Crippen LogP contribution in [0.4, 0.5) is 5.69 Å². The molecule has 2 rings (SSSR count). The smallest absolute Gasteiger partial charge is 0.312 e. The molecule has 1 heterocycles. The lowest BCUT2D eigenvalue weighted by atomic mass is 10.2. The van der Waals surface area contributed by atoms with Gasteiger partial charge in [-0.1, -0.05) is 6.07 Å². The van der Waals surface area contributed by atoms with E-state index in [1.165, 1.54) is 18.3 Å². The molecule has 0 unspecified atom stereocenters. The number of pyridine rings is 1. The Morgan fingerprint density at radius 2 is 2.20 bits per heavy atom. The Labute approximate surface area is 123 Å². The lowest BCUT2D eigenvalue weighted by molar-refractivity contribution is -0.385. The van der Waals surface area contributed by atoms with Gasteiger partial charge in [0.2, 0.25) is 11.6 Å². The van der Waals surface area contributed by atoms with Crippen molar-refractivity contribution in [2.75, 3.05) is 0 Å². The molecule has 104 valence electrons. The van der Waals surface area contributed by atoms with Crippen LogP contribution in [0.2, 0.25) is 0 Å². The zero-order valence-corrected chi connectivity index (χ0v) is 12.1. The summed E-state index contributed by atoms with van der Waals surface area (Å²) in [5.41, 5.74) is 0.452. The number of halogens is 1. The fourth-order valence-electron chi connectivity index (χ4n) is 1.59. The molecule has 7 heteroatoms. The highest BCUT2D eigenvalue weighted by molar-refractivity contribution is 9.10. The number of nitro groups is 1. The zero-order chi connectivity index (χ0) is 14.7. The largest absolute Gasteiger partial charge is 0.431 e. The van der Waals surface area contributed by atoms with E-state index in [2.05, 4.69) is 20.9 Å². The van der Waals surface area contributed by atoms with Crippen molar-refractivity contribution in [1.29, 1.82) is 0 Å². The average molecular weight is 339 g/mol. The fraction of sp³-hybridized carbons (Fsp3) is 0.154. The van der Waals surface area contributed by atoms with Crippen LogP contribution in [0.3, 0.4) is 0 Å². The highest BCUT2D eigenvalue weighted by Crippen LogP contribution is 2.37. The SMILES string of the molecule is C[C@@H](O)c1ccnc(Oc2c(Br)cccc2[N+](=O)[O-])c1. The van der Waals surface area contributed by atoms with Gasteiger partial charge in [-0.15, -0.1) is 0 Å². The van der Waals surface area contributed by atoms with Gasteiger partial charge in [-0.25, -0.2) is 4.98 Å². The first-order valence-electron chi connectivity index (χ1n) is 5.74. The van der Waals surface area contributed by atoms with Gasteiger partial charge < -0.3 is 9.84 Å². The molecule has 1 aromatic heterocycles. The van der Waals surface area contributed by atoms with E-state index in [9.17, 15) is 15.2 Å². The van der Waals surface area contributed by atoms with Crippen LogP contribution in [-0.4, -0.2) is 15.0 Å². The van der Waals surface area contributed by atoms with E-state index in [0.717, 1.165) is 0 Å². The second-order valence-corrected chi connectivity index (χ2v) is 4.90. The topological polar surface area (TPSA) is 85.5 Å². The van der Waals surface area contributed by atoms with E-state index in [0.29, 0.717) is 10.0 Å². The molecule has 0 bridgehead atoms. The molecule has 0 saturated heterocycles. The van der Waals surface area contributed by atoms with Gasteiger partial charge >= 0.3 is 5.69 Å². The molecule has 0 saturated carbocycles. The van der Waals surface area contributed by atoms with Crippen LogP contribution in [0.15, 0.2) is 41.0 Å². The standard InChI is InChI=1S/C13H11BrN2O4/c1-8(17)9-5-6-15-12(7-9)20-13-10(14)3-2-4-11(13)16(18)19/h2-8,17H,1H3/t8-/m1/s1. The van der Waals surface area contributed by atoms with Crippen molar-refractivity contribution in [3.05, 3.63) is 56.7 Å². The summed E-state index contributed by atoms with van der Waals surface area (Å²) in [6.07, 6.45) is 0.801.